The van der Waals surface area contributed by atoms with Gasteiger partial charge in [-0.1, -0.05) is 48.5 Å². The lowest BCUT2D eigenvalue weighted by molar-refractivity contribution is -0.385. The number of benzene rings is 3. The monoisotopic (exact) mass is 436 g/mol. The highest BCUT2D eigenvalue weighted by Gasteiger charge is 2.16. The van der Waals surface area contributed by atoms with Crippen molar-refractivity contribution in [3.05, 3.63) is 106 Å². The Bertz CT molecular complexity index is 1520. The van der Waals surface area contributed by atoms with Crippen LogP contribution >= 0.6 is 0 Å². The maximum absolute atomic E-state index is 13.0. The number of carbonyl (C=O) groups excluding carboxylic acids is 1. The van der Waals surface area contributed by atoms with Crippen molar-refractivity contribution in [1.29, 1.82) is 0 Å². The van der Waals surface area contributed by atoms with E-state index in [0.717, 1.165) is 11.0 Å². The second-order valence-corrected chi connectivity index (χ2v) is 7.24. The maximum atomic E-state index is 13.0. The van der Waals surface area contributed by atoms with E-state index < -0.39 is 10.8 Å². The number of nitrogens with zero attached hydrogens (tertiary/aromatic N) is 3. The number of nitro benzene ring substituents is 1. The molecular formula is C25H16N4O4. The molecule has 0 saturated carbocycles. The van der Waals surface area contributed by atoms with E-state index in [1.54, 1.807) is 30.3 Å². The highest BCUT2D eigenvalue weighted by molar-refractivity contribution is 6.07. The van der Waals surface area contributed by atoms with Gasteiger partial charge in [0.15, 0.2) is 5.76 Å². The Morgan fingerprint density at radius 1 is 1.00 bits per heavy atom. The standard InChI is InChI=1S/C25H16N4O4/c30-25(28-26-15-17-8-1-5-11-22(17)29(31)32)19-14-21(27-20-10-4-3-9-18(19)20)24-13-16-7-2-6-12-23(16)33-24/h1-15H,(H,28,30)/b26-15+. The first kappa shape index (κ1) is 20.1. The molecule has 0 atom stereocenters. The first-order valence-corrected chi connectivity index (χ1v) is 10.1. The fourth-order valence-corrected chi connectivity index (χ4v) is 3.58. The number of rotatable bonds is 5. The van der Waals surface area contributed by atoms with Gasteiger partial charge in [0.05, 0.1) is 27.8 Å². The molecule has 5 aromatic rings. The molecule has 2 aromatic heterocycles. The summed E-state index contributed by atoms with van der Waals surface area (Å²) in [6, 6.07) is 24.6. The van der Waals surface area contributed by atoms with Crippen LogP contribution in [-0.2, 0) is 0 Å². The number of nitrogens with one attached hydrogen (secondary N) is 1. The number of para-hydroxylation sites is 3. The average Bonchev–Trinajstić information content (AvgIpc) is 3.28. The van der Waals surface area contributed by atoms with Gasteiger partial charge in [-0.05, 0) is 30.3 Å². The van der Waals surface area contributed by atoms with Crippen LogP contribution in [0.4, 0.5) is 5.69 Å². The minimum absolute atomic E-state index is 0.1000. The number of carbonyl (C=O) groups is 1. The van der Waals surface area contributed by atoms with Gasteiger partial charge < -0.3 is 4.42 Å². The summed E-state index contributed by atoms with van der Waals surface area (Å²) in [7, 11) is 0. The molecule has 0 unspecified atom stereocenters. The lowest BCUT2D eigenvalue weighted by Gasteiger charge is -2.07. The molecule has 33 heavy (non-hydrogen) atoms. The normalized spacial score (nSPS) is 11.3. The Hall–Kier alpha value is -4.85. The minimum Gasteiger partial charge on any atom is -0.454 e. The number of nitro groups is 1. The predicted octanol–water partition coefficient (Wildman–Crippen LogP) is 5.32. The topological polar surface area (TPSA) is 111 Å². The van der Waals surface area contributed by atoms with E-state index in [1.807, 2.05) is 48.5 Å². The van der Waals surface area contributed by atoms with Crippen LogP contribution in [-0.4, -0.2) is 22.0 Å². The lowest BCUT2D eigenvalue weighted by Crippen LogP contribution is -2.18. The molecule has 0 fully saturated rings. The van der Waals surface area contributed by atoms with Crippen LogP contribution in [0.25, 0.3) is 33.3 Å². The molecule has 0 radical (unpaired) electrons. The summed E-state index contributed by atoms with van der Waals surface area (Å²) < 4.78 is 5.92. The van der Waals surface area contributed by atoms with Crippen LogP contribution in [0.3, 0.4) is 0 Å². The molecule has 0 aliphatic heterocycles. The largest absolute Gasteiger partial charge is 0.454 e. The molecule has 0 aliphatic carbocycles. The third-order valence-electron chi connectivity index (χ3n) is 5.14. The van der Waals surface area contributed by atoms with Gasteiger partial charge in [0, 0.05) is 16.8 Å². The Labute approximate surface area is 187 Å². The minimum atomic E-state index is -0.501. The van der Waals surface area contributed by atoms with Gasteiger partial charge in [-0.3, -0.25) is 14.9 Å². The van der Waals surface area contributed by atoms with Crippen LogP contribution in [0.2, 0.25) is 0 Å². The number of furan rings is 1. The molecule has 5 rings (SSSR count). The lowest BCUT2D eigenvalue weighted by atomic mass is 10.1. The van der Waals surface area contributed by atoms with Gasteiger partial charge in [0.25, 0.3) is 11.6 Å². The van der Waals surface area contributed by atoms with E-state index in [2.05, 4.69) is 15.5 Å². The Kier molecular flexibility index (Phi) is 5.08. The third-order valence-corrected chi connectivity index (χ3v) is 5.14. The van der Waals surface area contributed by atoms with Crippen molar-refractivity contribution in [2.45, 2.75) is 0 Å². The first-order chi connectivity index (χ1) is 16.1. The van der Waals surface area contributed by atoms with Crippen LogP contribution in [0, 0.1) is 10.1 Å². The van der Waals surface area contributed by atoms with Crippen molar-refractivity contribution in [2.75, 3.05) is 0 Å². The quantitative estimate of drug-likeness (QED) is 0.228. The highest BCUT2D eigenvalue weighted by atomic mass is 16.6. The molecule has 1 N–H and O–H groups in total. The van der Waals surface area contributed by atoms with E-state index in [1.165, 1.54) is 12.3 Å². The number of pyridine rings is 1. The summed E-state index contributed by atoms with van der Waals surface area (Å²) in [5, 5.41) is 16.7. The predicted molar refractivity (Wildman–Crippen MR) is 125 cm³/mol. The number of amides is 1. The van der Waals surface area contributed by atoms with Gasteiger partial charge in [-0.25, -0.2) is 10.4 Å². The van der Waals surface area contributed by atoms with Crippen LogP contribution < -0.4 is 5.43 Å². The summed E-state index contributed by atoms with van der Waals surface area (Å²) in [4.78, 5) is 28.3. The fraction of sp³-hybridized carbons (Fsp3) is 0. The van der Waals surface area contributed by atoms with Crippen molar-refractivity contribution in [3.8, 4) is 11.5 Å². The van der Waals surface area contributed by atoms with Crippen molar-refractivity contribution in [3.63, 3.8) is 0 Å². The van der Waals surface area contributed by atoms with Gasteiger partial charge in [0.2, 0.25) is 0 Å². The number of hydrogen-bond donors (Lipinski definition) is 1. The number of aromatic nitrogens is 1. The highest BCUT2D eigenvalue weighted by Crippen LogP contribution is 2.29. The maximum Gasteiger partial charge on any atom is 0.278 e. The molecule has 8 nitrogen and oxygen atoms in total. The number of fused-ring (bicyclic) bond motifs is 2. The van der Waals surface area contributed by atoms with Gasteiger partial charge in [-0.15, -0.1) is 0 Å². The molecule has 3 aromatic carbocycles. The van der Waals surface area contributed by atoms with E-state index in [4.69, 9.17) is 4.42 Å². The molecule has 160 valence electrons. The molecule has 0 aliphatic rings. The van der Waals surface area contributed by atoms with Crippen molar-refractivity contribution >= 4 is 39.7 Å². The van der Waals surface area contributed by atoms with Gasteiger partial charge in [-0.2, -0.15) is 5.10 Å². The van der Waals surface area contributed by atoms with Crippen LogP contribution in [0.1, 0.15) is 15.9 Å². The second-order valence-electron chi connectivity index (χ2n) is 7.24. The molecule has 0 bridgehead atoms. The summed E-state index contributed by atoms with van der Waals surface area (Å²) in [6.07, 6.45) is 1.25. The van der Waals surface area contributed by atoms with Crippen LogP contribution in [0.15, 0.2) is 94.4 Å². The molecule has 1 amide bonds. The summed E-state index contributed by atoms with van der Waals surface area (Å²) in [6.45, 7) is 0. The van der Waals surface area contributed by atoms with Crippen LogP contribution in [0.5, 0.6) is 0 Å². The average molecular weight is 436 g/mol. The Balaban J connectivity index is 1.51. The molecule has 0 spiro atoms. The smallest absolute Gasteiger partial charge is 0.278 e. The first-order valence-electron chi connectivity index (χ1n) is 10.1. The van der Waals surface area contributed by atoms with E-state index >= 15 is 0 Å². The molecule has 0 saturated heterocycles. The Morgan fingerprint density at radius 3 is 2.61 bits per heavy atom. The zero-order valence-electron chi connectivity index (χ0n) is 17.1. The van der Waals surface area contributed by atoms with Gasteiger partial charge >= 0.3 is 0 Å². The van der Waals surface area contributed by atoms with E-state index in [9.17, 15) is 14.9 Å². The van der Waals surface area contributed by atoms with Crippen molar-refractivity contribution in [1.82, 2.24) is 10.4 Å². The Morgan fingerprint density at radius 2 is 1.76 bits per heavy atom. The van der Waals surface area contributed by atoms with E-state index in [0.29, 0.717) is 27.9 Å². The molecule has 8 heteroatoms. The molecule has 2 heterocycles. The van der Waals surface area contributed by atoms with Crippen molar-refractivity contribution < 1.29 is 14.1 Å². The second kappa shape index (κ2) is 8.35. The summed E-state index contributed by atoms with van der Waals surface area (Å²) >= 11 is 0. The fourth-order valence-electron chi connectivity index (χ4n) is 3.58. The van der Waals surface area contributed by atoms with Crippen molar-refractivity contribution in [2.24, 2.45) is 5.10 Å². The zero-order valence-corrected chi connectivity index (χ0v) is 17.1. The third kappa shape index (κ3) is 3.92. The van der Waals surface area contributed by atoms with Gasteiger partial charge in [0.1, 0.15) is 11.3 Å². The number of hydrazone groups is 1. The summed E-state index contributed by atoms with van der Waals surface area (Å²) in [5.41, 5.74) is 4.86. The SMILES string of the molecule is O=C(N/N=C/c1ccccc1[N+](=O)[O-])c1cc(-c2cc3ccccc3o2)nc2ccccc12. The number of hydrogen-bond acceptors (Lipinski definition) is 6. The van der Waals surface area contributed by atoms with E-state index in [-0.39, 0.29) is 11.3 Å². The summed E-state index contributed by atoms with van der Waals surface area (Å²) in [5.74, 6) is 0.0696. The zero-order chi connectivity index (χ0) is 22.8. The molecular weight excluding hydrogens is 420 g/mol.